The quantitative estimate of drug-likeness (QED) is 0.461. The summed E-state index contributed by atoms with van der Waals surface area (Å²) in [7, 11) is -3.75. The molecule has 0 fully saturated rings. The number of carbonyl (C=O) groups excluding carboxylic acids is 1. The summed E-state index contributed by atoms with van der Waals surface area (Å²) in [5.74, 6) is -2.44. The number of carbonyl (C=O) groups is 1. The molecule has 0 radical (unpaired) electrons. The SMILES string of the molecule is Cc1ccc([C@H](NC(=O)CCCN(c2ccc(F)c(F)c2)S(C)(=O)=O)c2ccccc2)c(C)c1. The van der Waals surface area contributed by atoms with Crippen LogP contribution in [-0.4, -0.2) is 27.1 Å². The second-order valence-electron chi connectivity index (χ2n) is 8.31. The van der Waals surface area contributed by atoms with Crippen LogP contribution in [0.3, 0.4) is 0 Å². The average Bonchev–Trinajstić information content (AvgIpc) is 2.77. The standard InChI is InChI=1S/C26H28F2N2O3S/c1-18-11-13-22(19(2)16-18)26(20-8-5-4-6-9-20)29-25(31)10-7-15-30(34(3,32)33)21-12-14-23(27)24(28)17-21/h4-6,8-9,11-14,16-17,26H,7,10,15H2,1-3H3,(H,29,31)/t26-/m1/s1. The molecule has 0 unspecified atom stereocenters. The molecule has 0 bridgehead atoms. The van der Waals surface area contributed by atoms with Crippen molar-refractivity contribution >= 4 is 21.6 Å². The van der Waals surface area contributed by atoms with Crippen molar-refractivity contribution in [1.82, 2.24) is 5.32 Å². The zero-order chi connectivity index (χ0) is 24.9. The van der Waals surface area contributed by atoms with E-state index in [9.17, 15) is 22.0 Å². The molecule has 0 spiro atoms. The molecular weight excluding hydrogens is 458 g/mol. The van der Waals surface area contributed by atoms with Crippen LogP contribution in [0.1, 0.15) is 41.1 Å². The van der Waals surface area contributed by atoms with E-state index in [1.54, 1.807) is 0 Å². The third-order valence-corrected chi connectivity index (χ3v) is 6.73. The number of aryl methyl sites for hydroxylation is 2. The van der Waals surface area contributed by atoms with Gasteiger partial charge in [0.05, 0.1) is 18.0 Å². The summed E-state index contributed by atoms with van der Waals surface area (Å²) in [6.07, 6.45) is 1.25. The summed E-state index contributed by atoms with van der Waals surface area (Å²) < 4.78 is 52.3. The highest BCUT2D eigenvalue weighted by Gasteiger charge is 2.21. The minimum atomic E-state index is -3.75. The molecule has 0 saturated heterocycles. The molecule has 0 aliphatic rings. The first-order chi connectivity index (χ1) is 16.1. The van der Waals surface area contributed by atoms with Crippen molar-refractivity contribution in [2.45, 2.75) is 32.7 Å². The van der Waals surface area contributed by atoms with Gasteiger partial charge in [-0.1, -0.05) is 54.1 Å². The zero-order valence-corrected chi connectivity index (χ0v) is 20.2. The average molecular weight is 487 g/mol. The number of benzene rings is 3. The minimum absolute atomic E-state index is 0.0132. The maximum atomic E-state index is 13.6. The minimum Gasteiger partial charge on any atom is -0.345 e. The molecule has 3 aromatic rings. The lowest BCUT2D eigenvalue weighted by Gasteiger charge is -2.24. The van der Waals surface area contributed by atoms with E-state index in [0.717, 1.165) is 44.9 Å². The van der Waals surface area contributed by atoms with E-state index in [2.05, 4.69) is 11.4 Å². The Morgan fingerprint density at radius 1 is 0.971 bits per heavy atom. The van der Waals surface area contributed by atoms with Gasteiger partial charge < -0.3 is 5.32 Å². The van der Waals surface area contributed by atoms with Gasteiger partial charge in [0.15, 0.2) is 11.6 Å². The molecule has 8 heteroatoms. The Balaban J connectivity index is 1.73. The second-order valence-corrected chi connectivity index (χ2v) is 10.2. The molecular formula is C26H28F2N2O3S. The Morgan fingerprint density at radius 3 is 2.29 bits per heavy atom. The fourth-order valence-corrected chi connectivity index (χ4v) is 4.84. The van der Waals surface area contributed by atoms with Gasteiger partial charge in [-0.25, -0.2) is 17.2 Å². The Kier molecular flexibility index (Phi) is 8.04. The van der Waals surface area contributed by atoms with Gasteiger partial charge in [0, 0.05) is 19.0 Å². The zero-order valence-electron chi connectivity index (χ0n) is 19.4. The van der Waals surface area contributed by atoms with Crippen LogP contribution < -0.4 is 9.62 Å². The number of amides is 1. The Morgan fingerprint density at radius 2 is 1.68 bits per heavy atom. The van der Waals surface area contributed by atoms with E-state index in [4.69, 9.17) is 0 Å². The highest BCUT2D eigenvalue weighted by molar-refractivity contribution is 7.92. The van der Waals surface area contributed by atoms with Crippen LogP contribution in [-0.2, 0) is 14.8 Å². The van der Waals surface area contributed by atoms with Gasteiger partial charge in [0.1, 0.15) is 0 Å². The predicted octanol–water partition coefficient (Wildman–Crippen LogP) is 5.03. The number of hydrogen-bond donors (Lipinski definition) is 1. The highest BCUT2D eigenvalue weighted by atomic mass is 32.2. The van der Waals surface area contributed by atoms with Gasteiger partial charge in [-0.15, -0.1) is 0 Å². The van der Waals surface area contributed by atoms with Crippen LogP contribution in [0, 0.1) is 25.5 Å². The lowest BCUT2D eigenvalue weighted by Crippen LogP contribution is -2.33. The number of nitrogens with zero attached hydrogens (tertiary/aromatic N) is 1. The van der Waals surface area contributed by atoms with Crippen LogP contribution >= 0.6 is 0 Å². The van der Waals surface area contributed by atoms with Gasteiger partial charge in [0.25, 0.3) is 0 Å². The van der Waals surface area contributed by atoms with Gasteiger partial charge in [-0.3, -0.25) is 9.10 Å². The van der Waals surface area contributed by atoms with Crippen molar-refractivity contribution in [3.05, 3.63) is 101 Å². The van der Waals surface area contributed by atoms with E-state index >= 15 is 0 Å². The number of anilines is 1. The fourth-order valence-electron chi connectivity index (χ4n) is 3.88. The number of nitrogens with one attached hydrogen (secondary N) is 1. The van der Waals surface area contributed by atoms with Gasteiger partial charge in [-0.05, 0) is 49.1 Å². The van der Waals surface area contributed by atoms with Crippen LogP contribution in [0.15, 0.2) is 66.7 Å². The maximum absolute atomic E-state index is 13.6. The largest absolute Gasteiger partial charge is 0.345 e. The first-order valence-electron chi connectivity index (χ1n) is 10.9. The summed E-state index contributed by atoms with van der Waals surface area (Å²) >= 11 is 0. The molecule has 1 amide bonds. The summed E-state index contributed by atoms with van der Waals surface area (Å²) in [6.45, 7) is 3.96. The molecule has 0 saturated carbocycles. The van der Waals surface area contributed by atoms with Crippen LogP contribution in [0.2, 0.25) is 0 Å². The Labute approximate surface area is 199 Å². The number of hydrogen-bond acceptors (Lipinski definition) is 3. The van der Waals surface area contributed by atoms with Crippen molar-refractivity contribution in [2.75, 3.05) is 17.1 Å². The van der Waals surface area contributed by atoms with Crippen molar-refractivity contribution in [3.63, 3.8) is 0 Å². The first-order valence-corrected chi connectivity index (χ1v) is 12.8. The molecule has 180 valence electrons. The van der Waals surface area contributed by atoms with E-state index in [1.807, 2.05) is 56.3 Å². The van der Waals surface area contributed by atoms with Gasteiger partial charge >= 0.3 is 0 Å². The van der Waals surface area contributed by atoms with Crippen molar-refractivity contribution < 1.29 is 22.0 Å². The van der Waals surface area contributed by atoms with E-state index in [-0.39, 0.29) is 37.0 Å². The van der Waals surface area contributed by atoms with Crippen molar-refractivity contribution in [1.29, 1.82) is 0 Å². The topological polar surface area (TPSA) is 66.5 Å². The van der Waals surface area contributed by atoms with E-state index in [1.165, 1.54) is 6.07 Å². The monoisotopic (exact) mass is 486 g/mol. The van der Waals surface area contributed by atoms with E-state index < -0.39 is 21.7 Å². The first kappa shape index (κ1) is 25.4. The smallest absolute Gasteiger partial charge is 0.232 e. The summed E-state index contributed by atoms with van der Waals surface area (Å²) in [4.78, 5) is 12.9. The van der Waals surface area contributed by atoms with Gasteiger partial charge in [0.2, 0.25) is 15.9 Å². The molecule has 0 aliphatic heterocycles. The van der Waals surface area contributed by atoms with Crippen molar-refractivity contribution in [3.8, 4) is 0 Å². The molecule has 0 heterocycles. The molecule has 3 rings (SSSR count). The van der Waals surface area contributed by atoms with Crippen molar-refractivity contribution in [2.24, 2.45) is 0 Å². The predicted molar refractivity (Wildman–Crippen MR) is 130 cm³/mol. The summed E-state index contributed by atoms with van der Waals surface area (Å²) in [5.41, 5.74) is 4.10. The molecule has 0 aromatic heterocycles. The van der Waals surface area contributed by atoms with Gasteiger partial charge in [-0.2, -0.15) is 0 Å². The third-order valence-electron chi connectivity index (χ3n) is 5.53. The molecule has 1 N–H and O–H groups in total. The number of sulfonamides is 1. The van der Waals surface area contributed by atoms with Crippen LogP contribution in [0.25, 0.3) is 0 Å². The molecule has 0 aliphatic carbocycles. The molecule has 5 nitrogen and oxygen atoms in total. The normalized spacial score (nSPS) is 12.3. The summed E-state index contributed by atoms with van der Waals surface area (Å²) in [6, 6.07) is 18.2. The Hall–Kier alpha value is -3.26. The highest BCUT2D eigenvalue weighted by Crippen LogP contribution is 2.26. The lowest BCUT2D eigenvalue weighted by atomic mass is 9.93. The van der Waals surface area contributed by atoms with E-state index in [0.29, 0.717) is 0 Å². The fraction of sp³-hybridized carbons (Fsp3) is 0.269. The number of rotatable bonds is 9. The molecule has 34 heavy (non-hydrogen) atoms. The molecule has 3 aromatic carbocycles. The van der Waals surface area contributed by atoms with Crippen LogP contribution in [0.5, 0.6) is 0 Å². The molecule has 1 atom stereocenters. The second kappa shape index (κ2) is 10.8. The number of halogens is 2. The third kappa shape index (κ3) is 6.41. The lowest BCUT2D eigenvalue weighted by molar-refractivity contribution is -0.121. The Bertz CT molecular complexity index is 1260. The van der Waals surface area contributed by atoms with Crippen LogP contribution in [0.4, 0.5) is 14.5 Å². The maximum Gasteiger partial charge on any atom is 0.232 e. The summed E-state index contributed by atoms with van der Waals surface area (Å²) in [5, 5.41) is 3.06.